The van der Waals surface area contributed by atoms with Gasteiger partial charge in [0, 0.05) is 6.92 Å². The number of hydrogen-bond acceptors (Lipinski definition) is 1. The zero-order valence-corrected chi connectivity index (χ0v) is 13.7. The molecule has 0 aromatic rings. The standard InChI is InChI=1S/C10H19N.C6H12NS/c1-4-10-5-2-8-11(7-1)9-3-6-10;1-3-7-4-5-8-6(7)2/h10H,1-9H2;3-5H2,1-2H3/q;+1/p+1. The predicted molar refractivity (Wildman–Crippen MR) is 85.6 cm³/mol. The Morgan fingerprint density at radius 2 is 1.68 bits per heavy atom. The van der Waals surface area contributed by atoms with Crippen LogP contribution in [-0.4, -0.2) is 48.1 Å². The number of nitrogens with zero attached hydrogens (tertiary/aromatic N) is 1. The Kier molecular flexibility index (Phi) is 6.72. The summed E-state index contributed by atoms with van der Waals surface area (Å²) in [5, 5.41) is 1.49. The topological polar surface area (TPSA) is 7.45 Å². The fourth-order valence-corrected chi connectivity index (χ4v) is 4.67. The molecular formula is C16H32N2S+2. The number of nitrogens with one attached hydrogen (secondary N) is 1. The van der Waals surface area contributed by atoms with E-state index in [4.69, 9.17) is 0 Å². The number of fused-ring (bicyclic) bond motifs is 6. The van der Waals surface area contributed by atoms with Crippen LogP contribution in [0.1, 0.15) is 52.4 Å². The molecule has 110 valence electrons. The summed E-state index contributed by atoms with van der Waals surface area (Å²) >= 11 is 1.97. The summed E-state index contributed by atoms with van der Waals surface area (Å²) in [5.74, 6) is 2.40. The Bertz CT molecular complexity index is 265. The highest BCUT2D eigenvalue weighted by atomic mass is 32.2. The minimum atomic E-state index is 1.11. The lowest BCUT2D eigenvalue weighted by Crippen LogP contribution is -3.12. The van der Waals surface area contributed by atoms with Gasteiger partial charge in [0.1, 0.15) is 6.54 Å². The van der Waals surface area contributed by atoms with Gasteiger partial charge in [-0.1, -0.05) is 11.8 Å². The van der Waals surface area contributed by atoms with Gasteiger partial charge in [0.2, 0.25) is 5.04 Å². The maximum atomic E-state index is 2.41. The maximum Gasteiger partial charge on any atom is 0.207 e. The van der Waals surface area contributed by atoms with Gasteiger partial charge in [-0.25, -0.2) is 4.58 Å². The van der Waals surface area contributed by atoms with Crippen LogP contribution in [0.4, 0.5) is 0 Å². The second-order valence-corrected chi connectivity index (χ2v) is 7.53. The fourth-order valence-electron chi connectivity index (χ4n) is 3.66. The van der Waals surface area contributed by atoms with Gasteiger partial charge in [-0.15, -0.1) is 0 Å². The monoisotopic (exact) mass is 284 g/mol. The summed E-state index contributed by atoms with van der Waals surface area (Å²) in [6.07, 6.45) is 9.09. The second kappa shape index (κ2) is 8.31. The molecule has 4 aliphatic rings. The van der Waals surface area contributed by atoms with E-state index < -0.39 is 0 Å². The van der Waals surface area contributed by atoms with E-state index in [1.54, 1.807) is 0 Å². The van der Waals surface area contributed by atoms with E-state index in [2.05, 4.69) is 18.4 Å². The predicted octanol–water partition coefficient (Wildman–Crippen LogP) is 2.04. The zero-order valence-electron chi connectivity index (χ0n) is 12.9. The van der Waals surface area contributed by atoms with E-state index in [0.29, 0.717) is 0 Å². The van der Waals surface area contributed by atoms with Gasteiger partial charge in [-0.2, -0.15) is 0 Å². The molecule has 0 radical (unpaired) electrons. The third-order valence-electron chi connectivity index (χ3n) is 4.93. The molecule has 2 bridgehead atoms. The van der Waals surface area contributed by atoms with Crippen LogP contribution in [0.15, 0.2) is 0 Å². The van der Waals surface area contributed by atoms with Gasteiger partial charge >= 0.3 is 0 Å². The minimum Gasteiger partial charge on any atom is -0.335 e. The van der Waals surface area contributed by atoms with Crippen molar-refractivity contribution in [2.45, 2.75) is 52.4 Å². The minimum absolute atomic E-state index is 1.11. The van der Waals surface area contributed by atoms with Crippen LogP contribution in [0.5, 0.6) is 0 Å². The first-order valence-corrected chi connectivity index (χ1v) is 9.33. The van der Waals surface area contributed by atoms with Gasteiger partial charge in [0.15, 0.2) is 6.54 Å². The van der Waals surface area contributed by atoms with Crippen molar-refractivity contribution in [2.75, 3.05) is 38.5 Å². The molecule has 0 amide bonds. The Morgan fingerprint density at radius 3 is 2.05 bits per heavy atom. The molecule has 3 heteroatoms. The van der Waals surface area contributed by atoms with E-state index in [0.717, 1.165) is 5.92 Å². The first-order chi connectivity index (χ1) is 9.29. The Labute approximate surface area is 123 Å². The van der Waals surface area contributed by atoms with Gasteiger partial charge in [0.25, 0.3) is 0 Å². The average molecular weight is 285 g/mol. The van der Waals surface area contributed by atoms with Crippen LogP contribution in [0.3, 0.4) is 0 Å². The molecule has 3 saturated heterocycles. The third kappa shape index (κ3) is 5.11. The first kappa shape index (κ1) is 15.4. The third-order valence-corrected chi connectivity index (χ3v) is 5.99. The van der Waals surface area contributed by atoms with Gasteiger partial charge in [-0.05, 0) is 51.4 Å². The SMILES string of the molecule is C1CC2CCC[NH+](C1)CCC2.CC[N+]1=C(C)SCC1. The van der Waals surface area contributed by atoms with Crippen LogP contribution < -0.4 is 4.90 Å². The number of rotatable bonds is 1. The second-order valence-electron chi connectivity index (χ2n) is 6.24. The lowest BCUT2D eigenvalue weighted by Gasteiger charge is -2.29. The van der Waals surface area contributed by atoms with Gasteiger partial charge in [-0.3, -0.25) is 0 Å². The molecule has 0 unspecified atom stereocenters. The van der Waals surface area contributed by atoms with Crippen molar-refractivity contribution in [3.63, 3.8) is 0 Å². The van der Waals surface area contributed by atoms with Crippen LogP contribution in [0, 0.1) is 5.92 Å². The molecule has 0 aliphatic carbocycles. The van der Waals surface area contributed by atoms with Crippen molar-refractivity contribution in [1.29, 1.82) is 0 Å². The quantitative estimate of drug-likeness (QED) is 0.724. The average Bonchev–Trinajstić information content (AvgIpc) is 2.72. The lowest BCUT2D eigenvalue weighted by molar-refractivity contribution is -0.902. The first-order valence-electron chi connectivity index (χ1n) is 8.34. The van der Waals surface area contributed by atoms with Crippen molar-refractivity contribution < 1.29 is 9.48 Å². The lowest BCUT2D eigenvalue weighted by atomic mass is 9.89. The summed E-state index contributed by atoms with van der Waals surface area (Å²) in [4.78, 5) is 1.89. The highest BCUT2D eigenvalue weighted by Gasteiger charge is 2.20. The summed E-state index contributed by atoms with van der Waals surface area (Å²) in [7, 11) is 0. The number of quaternary nitrogens is 1. The van der Waals surface area contributed by atoms with Crippen molar-refractivity contribution in [3.8, 4) is 0 Å². The molecule has 4 heterocycles. The number of hydrogen-bond donors (Lipinski definition) is 1. The largest absolute Gasteiger partial charge is 0.335 e. The summed E-state index contributed by atoms with van der Waals surface area (Å²) in [6.45, 7) is 11.2. The molecular weight excluding hydrogens is 252 g/mol. The van der Waals surface area contributed by atoms with E-state index in [1.165, 1.54) is 82.0 Å². The zero-order chi connectivity index (χ0) is 13.5. The summed E-state index contributed by atoms with van der Waals surface area (Å²) in [5.41, 5.74) is 0. The van der Waals surface area contributed by atoms with Crippen LogP contribution in [0.2, 0.25) is 0 Å². The van der Waals surface area contributed by atoms with Crippen molar-refractivity contribution >= 4 is 16.8 Å². The Hall–Kier alpha value is -0.0200. The molecule has 0 spiro atoms. The van der Waals surface area contributed by atoms with Gasteiger partial charge < -0.3 is 4.90 Å². The molecule has 2 nitrogen and oxygen atoms in total. The van der Waals surface area contributed by atoms with Crippen LogP contribution >= 0.6 is 11.8 Å². The number of thioether (sulfide) groups is 1. The Balaban J connectivity index is 0.000000148. The molecule has 0 atom stereocenters. The van der Waals surface area contributed by atoms with Crippen molar-refractivity contribution in [2.24, 2.45) is 5.92 Å². The van der Waals surface area contributed by atoms with E-state index >= 15 is 0 Å². The molecule has 4 rings (SSSR count). The molecule has 0 saturated carbocycles. The summed E-state index contributed by atoms with van der Waals surface area (Å²) < 4.78 is 2.41. The highest BCUT2D eigenvalue weighted by molar-refractivity contribution is 8.13. The van der Waals surface area contributed by atoms with E-state index in [1.807, 2.05) is 16.7 Å². The molecule has 4 aliphatic heterocycles. The molecule has 19 heavy (non-hydrogen) atoms. The maximum absolute atomic E-state index is 2.41. The van der Waals surface area contributed by atoms with Crippen molar-refractivity contribution in [3.05, 3.63) is 0 Å². The van der Waals surface area contributed by atoms with Crippen LogP contribution in [-0.2, 0) is 0 Å². The van der Waals surface area contributed by atoms with E-state index in [-0.39, 0.29) is 0 Å². The smallest absolute Gasteiger partial charge is 0.207 e. The summed E-state index contributed by atoms with van der Waals surface area (Å²) in [6, 6.07) is 0. The van der Waals surface area contributed by atoms with E-state index in [9.17, 15) is 0 Å². The van der Waals surface area contributed by atoms with Crippen molar-refractivity contribution in [1.82, 2.24) is 0 Å². The highest BCUT2D eigenvalue weighted by Crippen LogP contribution is 2.20. The molecule has 0 aromatic heterocycles. The molecule has 0 aromatic carbocycles. The van der Waals surface area contributed by atoms with Gasteiger partial charge in [0.05, 0.1) is 25.4 Å². The fraction of sp³-hybridized carbons (Fsp3) is 0.938. The van der Waals surface area contributed by atoms with Crippen LogP contribution in [0.25, 0.3) is 0 Å². The molecule has 3 fully saturated rings. The molecule has 1 N–H and O–H groups in total. The normalized spacial score (nSPS) is 31.3. The Morgan fingerprint density at radius 1 is 1.11 bits per heavy atom.